The van der Waals surface area contributed by atoms with Crippen LogP contribution in [0.15, 0.2) is 53.4 Å². The van der Waals surface area contributed by atoms with Crippen molar-refractivity contribution in [3.63, 3.8) is 0 Å². The highest BCUT2D eigenvalue weighted by Gasteiger charge is 2.19. The van der Waals surface area contributed by atoms with Gasteiger partial charge in [0.15, 0.2) is 17.3 Å². The Hall–Kier alpha value is -2.80. The molecule has 0 saturated carbocycles. The molecule has 0 amide bonds. The van der Waals surface area contributed by atoms with Gasteiger partial charge in [-0.15, -0.1) is 0 Å². The molecule has 0 aliphatic carbocycles. The van der Waals surface area contributed by atoms with Gasteiger partial charge in [0.1, 0.15) is 10.6 Å². The Morgan fingerprint density at radius 2 is 1.64 bits per heavy atom. The summed E-state index contributed by atoms with van der Waals surface area (Å²) in [7, 11) is -1.12. The summed E-state index contributed by atoms with van der Waals surface area (Å²) >= 11 is 0. The van der Waals surface area contributed by atoms with Crippen LogP contribution in [0.1, 0.15) is 12.5 Å². The summed E-state index contributed by atoms with van der Waals surface area (Å²) in [6.45, 7) is 1.44. The monoisotopic (exact) mass is 362 g/mol. The molecular formula is C18H18O6S. The molecule has 6 nitrogen and oxygen atoms in total. The third kappa shape index (κ3) is 4.84. The van der Waals surface area contributed by atoms with E-state index < -0.39 is 10.1 Å². The average molecular weight is 362 g/mol. The van der Waals surface area contributed by atoms with E-state index in [0.29, 0.717) is 11.3 Å². The largest absolute Gasteiger partial charge is 0.497 e. The van der Waals surface area contributed by atoms with Gasteiger partial charge < -0.3 is 13.7 Å². The van der Waals surface area contributed by atoms with Gasteiger partial charge in [-0.3, -0.25) is 4.79 Å². The lowest BCUT2D eigenvalue weighted by Gasteiger charge is -2.11. The lowest BCUT2D eigenvalue weighted by molar-refractivity contribution is -0.112. The summed E-state index contributed by atoms with van der Waals surface area (Å²) in [5.74, 6) is 0.737. The van der Waals surface area contributed by atoms with Gasteiger partial charge in [-0.25, -0.2) is 0 Å². The predicted octanol–water partition coefficient (Wildman–Crippen LogP) is 3.07. The van der Waals surface area contributed by atoms with E-state index in [1.54, 1.807) is 18.2 Å². The smallest absolute Gasteiger partial charge is 0.339 e. The van der Waals surface area contributed by atoms with Crippen molar-refractivity contribution in [1.29, 1.82) is 0 Å². The van der Waals surface area contributed by atoms with Gasteiger partial charge in [-0.05, 0) is 55.0 Å². The Labute approximate surface area is 146 Å². The zero-order valence-corrected chi connectivity index (χ0v) is 14.9. The summed E-state index contributed by atoms with van der Waals surface area (Å²) in [6.07, 6.45) is 3.01. The molecule has 0 unspecified atom stereocenters. The topological polar surface area (TPSA) is 78.9 Å². The number of ether oxygens (including phenoxy) is 2. The number of carbonyl (C=O) groups excluding carboxylic acids is 1. The second kappa shape index (κ2) is 7.85. The quantitative estimate of drug-likeness (QED) is 0.556. The van der Waals surface area contributed by atoms with Crippen molar-refractivity contribution in [2.24, 2.45) is 0 Å². The van der Waals surface area contributed by atoms with Gasteiger partial charge in [0.25, 0.3) is 0 Å². The van der Waals surface area contributed by atoms with E-state index in [0.717, 1.165) is 0 Å². The van der Waals surface area contributed by atoms with E-state index in [1.807, 2.05) is 0 Å². The summed E-state index contributed by atoms with van der Waals surface area (Å²) in [5, 5.41) is 0. The first-order valence-electron chi connectivity index (χ1n) is 7.31. The van der Waals surface area contributed by atoms with Gasteiger partial charge in [0.2, 0.25) is 0 Å². The van der Waals surface area contributed by atoms with Crippen LogP contribution in [0.5, 0.6) is 17.2 Å². The molecule has 0 saturated heterocycles. The molecule has 0 aliphatic heterocycles. The Morgan fingerprint density at radius 1 is 0.960 bits per heavy atom. The molecule has 0 fully saturated rings. The fraction of sp³-hybridized carbons (Fsp3) is 0.167. The molecule has 0 spiro atoms. The Balaban J connectivity index is 2.29. The van der Waals surface area contributed by atoms with E-state index in [9.17, 15) is 13.2 Å². The summed E-state index contributed by atoms with van der Waals surface area (Å²) in [5.41, 5.74) is 0.682. The van der Waals surface area contributed by atoms with Gasteiger partial charge in [-0.1, -0.05) is 12.1 Å². The highest BCUT2D eigenvalue weighted by Crippen LogP contribution is 2.31. The van der Waals surface area contributed by atoms with Gasteiger partial charge in [0.05, 0.1) is 14.2 Å². The van der Waals surface area contributed by atoms with Crippen LogP contribution < -0.4 is 13.7 Å². The van der Waals surface area contributed by atoms with Crippen LogP contribution in [0.4, 0.5) is 0 Å². The standard InChI is InChI=1S/C18H18O6S/c1-13(19)4-5-14-6-11-17(18(12-14)23-3)24-25(20,21)16-9-7-15(22-2)8-10-16/h4-12H,1-3H3/b5-4+. The number of hydrogen-bond acceptors (Lipinski definition) is 6. The molecule has 7 heteroatoms. The number of ketones is 1. The first kappa shape index (κ1) is 18.5. The van der Waals surface area contributed by atoms with Crippen molar-refractivity contribution in [2.45, 2.75) is 11.8 Å². The molecule has 2 aromatic carbocycles. The SMILES string of the molecule is COc1ccc(S(=O)(=O)Oc2ccc(/C=C/C(C)=O)cc2OC)cc1. The first-order chi connectivity index (χ1) is 11.9. The zero-order valence-electron chi connectivity index (χ0n) is 14.1. The summed E-state index contributed by atoms with van der Waals surface area (Å²) in [6, 6.07) is 10.5. The Bertz CT molecular complexity index is 882. The Kier molecular flexibility index (Phi) is 5.82. The van der Waals surface area contributed by atoms with Crippen molar-refractivity contribution >= 4 is 22.0 Å². The van der Waals surface area contributed by atoms with Crippen LogP contribution in [-0.2, 0) is 14.9 Å². The van der Waals surface area contributed by atoms with Crippen LogP contribution in [-0.4, -0.2) is 28.4 Å². The second-order valence-electron chi connectivity index (χ2n) is 5.07. The van der Waals surface area contributed by atoms with Crippen molar-refractivity contribution in [1.82, 2.24) is 0 Å². The summed E-state index contributed by atoms with van der Waals surface area (Å²) in [4.78, 5) is 11.0. The maximum Gasteiger partial charge on any atom is 0.339 e. The molecule has 132 valence electrons. The molecule has 0 bridgehead atoms. The van der Waals surface area contributed by atoms with Crippen molar-refractivity contribution in [3.05, 3.63) is 54.1 Å². The minimum Gasteiger partial charge on any atom is -0.497 e. The average Bonchev–Trinajstić information content (AvgIpc) is 2.60. The number of benzene rings is 2. The van der Waals surface area contributed by atoms with E-state index in [2.05, 4.69) is 0 Å². The van der Waals surface area contributed by atoms with Crippen LogP contribution in [0.2, 0.25) is 0 Å². The molecule has 0 radical (unpaired) electrons. The molecule has 0 heterocycles. The lowest BCUT2D eigenvalue weighted by atomic mass is 10.2. The molecular weight excluding hydrogens is 344 g/mol. The molecule has 2 rings (SSSR count). The van der Waals surface area contributed by atoms with Crippen molar-refractivity contribution < 1.29 is 26.9 Å². The zero-order chi connectivity index (χ0) is 18.4. The third-order valence-electron chi connectivity index (χ3n) is 3.25. The van der Waals surface area contributed by atoms with Crippen LogP contribution in [0, 0.1) is 0 Å². The fourth-order valence-corrected chi connectivity index (χ4v) is 2.92. The molecule has 0 aliphatic rings. The fourth-order valence-electron chi connectivity index (χ4n) is 1.98. The minimum absolute atomic E-state index is 0.00379. The maximum atomic E-state index is 12.4. The molecule has 0 aromatic heterocycles. The normalized spacial score (nSPS) is 11.3. The number of allylic oxidation sites excluding steroid dienone is 1. The molecule has 2 aromatic rings. The molecule has 25 heavy (non-hydrogen) atoms. The number of hydrogen-bond donors (Lipinski definition) is 0. The lowest BCUT2D eigenvalue weighted by Crippen LogP contribution is -2.10. The van der Waals surface area contributed by atoms with Crippen molar-refractivity contribution in [3.8, 4) is 17.2 Å². The van der Waals surface area contributed by atoms with Gasteiger partial charge in [-0.2, -0.15) is 8.42 Å². The van der Waals surface area contributed by atoms with Crippen LogP contribution >= 0.6 is 0 Å². The first-order valence-corrected chi connectivity index (χ1v) is 8.72. The van der Waals surface area contributed by atoms with Crippen molar-refractivity contribution in [2.75, 3.05) is 14.2 Å². The number of rotatable bonds is 7. The Morgan fingerprint density at radius 3 is 2.20 bits per heavy atom. The van der Waals surface area contributed by atoms with Gasteiger partial charge in [0, 0.05) is 0 Å². The second-order valence-corrected chi connectivity index (χ2v) is 6.61. The molecule has 0 N–H and O–H groups in total. The van der Waals surface area contributed by atoms with Crippen LogP contribution in [0.3, 0.4) is 0 Å². The summed E-state index contributed by atoms with van der Waals surface area (Å²) < 4.78 is 40.1. The number of carbonyl (C=O) groups is 1. The third-order valence-corrected chi connectivity index (χ3v) is 4.49. The van der Waals surface area contributed by atoms with E-state index in [-0.39, 0.29) is 22.2 Å². The van der Waals surface area contributed by atoms with Gasteiger partial charge >= 0.3 is 10.1 Å². The highest BCUT2D eigenvalue weighted by atomic mass is 32.2. The molecule has 0 atom stereocenters. The van der Waals surface area contributed by atoms with E-state index >= 15 is 0 Å². The highest BCUT2D eigenvalue weighted by molar-refractivity contribution is 7.87. The van der Waals surface area contributed by atoms with Crippen LogP contribution in [0.25, 0.3) is 6.08 Å². The number of methoxy groups -OCH3 is 2. The van der Waals surface area contributed by atoms with E-state index in [4.69, 9.17) is 13.7 Å². The van der Waals surface area contributed by atoms with E-state index in [1.165, 1.54) is 57.6 Å². The predicted molar refractivity (Wildman–Crippen MR) is 93.5 cm³/mol. The minimum atomic E-state index is -4.02. The maximum absolute atomic E-state index is 12.4.